The van der Waals surface area contributed by atoms with Gasteiger partial charge in [-0.2, -0.15) is 0 Å². The molecule has 1 heterocycles. The number of likely N-dealkylation sites (tertiary alicyclic amines) is 1. The van der Waals surface area contributed by atoms with Crippen molar-refractivity contribution in [3.63, 3.8) is 0 Å². The second-order valence-electron chi connectivity index (χ2n) is 6.03. The van der Waals surface area contributed by atoms with E-state index in [1.165, 1.54) is 32.1 Å². The molecule has 2 rings (SSSR count). The van der Waals surface area contributed by atoms with E-state index in [9.17, 15) is 4.79 Å². The first-order valence-electron chi connectivity index (χ1n) is 7.34. The van der Waals surface area contributed by atoms with Gasteiger partial charge in [-0.1, -0.05) is 12.8 Å². The molecule has 4 nitrogen and oxygen atoms in total. The summed E-state index contributed by atoms with van der Waals surface area (Å²) in [6, 6.07) is 0.142. The van der Waals surface area contributed by atoms with Crippen LogP contribution in [-0.2, 0) is 0 Å². The highest BCUT2D eigenvalue weighted by molar-refractivity contribution is 5.74. The van der Waals surface area contributed by atoms with Crippen molar-refractivity contribution in [1.29, 1.82) is 0 Å². The van der Waals surface area contributed by atoms with Crippen LogP contribution in [0.1, 0.15) is 44.9 Å². The van der Waals surface area contributed by atoms with Crippen molar-refractivity contribution in [2.24, 2.45) is 0 Å². The molecule has 0 bridgehead atoms. The fourth-order valence-corrected chi connectivity index (χ4v) is 3.26. The number of urea groups is 1. The van der Waals surface area contributed by atoms with Crippen LogP contribution in [0.4, 0.5) is 4.79 Å². The summed E-state index contributed by atoms with van der Waals surface area (Å²) >= 11 is 0. The molecule has 2 fully saturated rings. The average Bonchev–Trinajstić information content (AvgIpc) is 2.87. The summed E-state index contributed by atoms with van der Waals surface area (Å²) in [4.78, 5) is 16.4. The Morgan fingerprint density at radius 2 is 1.72 bits per heavy atom. The quantitative estimate of drug-likeness (QED) is 0.835. The average molecular weight is 253 g/mol. The van der Waals surface area contributed by atoms with Crippen molar-refractivity contribution >= 4 is 6.03 Å². The van der Waals surface area contributed by atoms with E-state index in [-0.39, 0.29) is 11.6 Å². The molecule has 0 radical (unpaired) electrons. The Hall–Kier alpha value is -0.770. The number of nitrogens with one attached hydrogen (secondary N) is 1. The Labute approximate surface area is 111 Å². The van der Waals surface area contributed by atoms with Crippen LogP contribution in [0.5, 0.6) is 0 Å². The predicted octanol–water partition coefficient (Wildman–Crippen LogP) is 2.06. The van der Waals surface area contributed by atoms with Gasteiger partial charge in [-0.25, -0.2) is 4.79 Å². The molecule has 1 aliphatic carbocycles. The zero-order valence-electron chi connectivity index (χ0n) is 11.9. The van der Waals surface area contributed by atoms with Gasteiger partial charge in [0.15, 0.2) is 0 Å². The van der Waals surface area contributed by atoms with E-state index >= 15 is 0 Å². The van der Waals surface area contributed by atoms with Crippen molar-refractivity contribution in [1.82, 2.24) is 15.1 Å². The highest BCUT2D eigenvalue weighted by Gasteiger charge is 2.36. The van der Waals surface area contributed by atoms with Crippen molar-refractivity contribution in [2.45, 2.75) is 50.5 Å². The first-order chi connectivity index (χ1) is 8.64. The van der Waals surface area contributed by atoms with Gasteiger partial charge in [0.25, 0.3) is 0 Å². The highest BCUT2D eigenvalue weighted by Crippen LogP contribution is 2.33. The molecule has 0 aromatic rings. The number of rotatable bonds is 3. The number of carbonyl (C=O) groups excluding carboxylic acids is 1. The molecule has 104 valence electrons. The van der Waals surface area contributed by atoms with Crippen LogP contribution in [-0.4, -0.2) is 55.1 Å². The molecule has 1 aliphatic heterocycles. The van der Waals surface area contributed by atoms with E-state index < -0.39 is 0 Å². The van der Waals surface area contributed by atoms with Gasteiger partial charge < -0.3 is 15.1 Å². The molecule has 0 unspecified atom stereocenters. The molecular weight excluding hydrogens is 226 g/mol. The third-order valence-electron chi connectivity index (χ3n) is 4.69. The Balaban J connectivity index is 1.83. The maximum Gasteiger partial charge on any atom is 0.317 e. The van der Waals surface area contributed by atoms with Crippen LogP contribution in [0.2, 0.25) is 0 Å². The minimum absolute atomic E-state index is 0.142. The second-order valence-corrected chi connectivity index (χ2v) is 6.03. The van der Waals surface area contributed by atoms with Crippen LogP contribution in [0.15, 0.2) is 0 Å². The minimum Gasteiger partial charge on any atom is -0.336 e. The van der Waals surface area contributed by atoms with E-state index in [0.717, 1.165) is 32.5 Å². The molecule has 2 amide bonds. The Morgan fingerprint density at radius 3 is 2.28 bits per heavy atom. The van der Waals surface area contributed by atoms with Gasteiger partial charge in [0.1, 0.15) is 0 Å². The van der Waals surface area contributed by atoms with Crippen molar-refractivity contribution < 1.29 is 4.79 Å². The molecule has 0 atom stereocenters. The minimum atomic E-state index is 0.142. The largest absolute Gasteiger partial charge is 0.336 e. The van der Waals surface area contributed by atoms with Crippen molar-refractivity contribution in [2.75, 3.05) is 33.7 Å². The monoisotopic (exact) mass is 253 g/mol. The lowest BCUT2D eigenvalue weighted by molar-refractivity contribution is 0.143. The van der Waals surface area contributed by atoms with Gasteiger partial charge in [0.05, 0.1) is 0 Å². The maximum atomic E-state index is 12.1. The fraction of sp³-hybridized carbons (Fsp3) is 0.929. The predicted molar refractivity (Wildman–Crippen MR) is 73.7 cm³/mol. The number of piperidine rings is 1. The van der Waals surface area contributed by atoms with Crippen molar-refractivity contribution in [3.05, 3.63) is 0 Å². The van der Waals surface area contributed by atoms with Gasteiger partial charge in [0, 0.05) is 25.2 Å². The smallest absolute Gasteiger partial charge is 0.317 e. The maximum absolute atomic E-state index is 12.1. The van der Waals surface area contributed by atoms with Crippen LogP contribution in [0.25, 0.3) is 0 Å². The highest BCUT2D eigenvalue weighted by atomic mass is 16.2. The van der Waals surface area contributed by atoms with Crippen LogP contribution >= 0.6 is 0 Å². The topological polar surface area (TPSA) is 35.6 Å². The van der Waals surface area contributed by atoms with E-state index in [2.05, 4.69) is 24.3 Å². The van der Waals surface area contributed by atoms with E-state index in [1.807, 2.05) is 4.90 Å². The van der Waals surface area contributed by atoms with Crippen LogP contribution in [0.3, 0.4) is 0 Å². The summed E-state index contributed by atoms with van der Waals surface area (Å²) in [5, 5.41) is 3.16. The first kappa shape index (κ1) is 13.7. The molecule has 1 saturated carbocycles. The molecule has 1 N–H and O–H groups in total. The Morgan fingerprint density at radius 1 is 1.11 bits per heavy atom. The van der Waals surface area contributed by atoms with Gasteiger partial charge in [-0.15, -0.1) is 0 Å². The Kier molecular flexibility index (Phi) is 4.49. The number of hydrogen-bond acceptors (Lipinski definition) is 2. The third kappa shape index (κ3) is 2.97. The summed E-state index contributed by atoms with van der Waals surface area (Å²) in [5.74, 6) is 0. The lowest BCUT2D eigenvalue weighted by Gasteiger charge is -2.37. The summed E-state index contributed by atoms with van der Waals surface area (Å²) < 4.78 is 0. The number of carbonyl (C=O) groups is 1. The van der Waals surface area contributed by atoms with Crippen LogP contribution < -0.4 is 5.32 Å². The van der Waals surface area contributed by atoms with Crippen molar-refractivity contribution in [3.8, 4) is 0 Å². The van der Waals surface area contributed by atoms with Gasteiger partial charge in [0.2, 0.25) is 0 Å². The van der Waals surface area contributed by atoms with E-state index in [1.54, 1.807) is 0 Å². The standard InChI is InChI=1S/C14H27N3O/c1-16(2)14(8-4-5-9-14)12-15-13(18)17-10-6-3-7-11-17/h3-12H2,1-2H3,(H,15,18). The summed E-state index contributed by atoms with van der Waals surface area (Å²) in [6.45, 7) is 2.66. The molecule has 18 heavy (non-hydrogen) atoms. The second kappa shape index (κ2) is 5.91. The van der Waals surface area contributed by atoms with Gasteiger partial charge in [-0.3, -0.25) is 0 Å². The SMILES string of the molecule is CN(C)C1(CNC(=O)N2CCCCC2)CCCC1. The lowest BCUT2D eigenvalue weighted by Crippen LogP contribution is -2.53. The zero-order chi connectivity index (χ0) is 13.0. The molecule has 0 aromatic heterocycles. The Bertz CT molecular complexity index is 279. The lowest BCUT2D eigenvalue weighted by atomic mass is 9.96. The fourth-order valence-electron chi connectivity index (χ4n) is 3.26. The van der Waals surface area contributed by atoms with Crippen LogP contribution in [0, 0.1) is 0 Å². The normalized spacial score (nSPS) is 23.4. The van der Waals surface area contributed by atoms with E-state index in [0.29, 0.717) is 0 Å². The third-order valence-corrected chi connectivity index (χ3v) is 4.69. The summed E-state index contributed by atoms with van der Waals surface area (Å²) in [7, 11) is 4.27. The number of nitrogens with zero attached hydrogens (tertiary/aromatic N) is 2. The number of hydrogen-bond donors (Lipinski definition) is 1. The molecule has 0 spiro atoms. The zero-order valence-corrected chi connectivity index (χ0v) is 11.9. The molecule has 1 saturated heterocycles. The van der Waals surface area contributed by atoms with Gasteiger partial charge >= 0.3 is 6.03 Å². The molecule has 2 aliphatic rings. The molecule has 4 heteroatoms. The summed E-state index contributed by atoms with van der Waals surface area (Å²) in [6.07, 6.45) is 8.58. The molecule has 0 aromatic carbocycles. The van der Waals surface area contributed by atoms with Gasteiger partial charge in [-0.05, 0) is 46.2 Å². The molecular formula is C14H27N3O. The van der Waals surface area contributed by atoms with E-state index in [4.69, 9.17) is 0 Å². The number of likely N-dealkylation sites (N-methyl/N-ethyl adjacent to an activating group) is 1. The summed E-state index contributed by atoms with van der Waals surface area (Å²) in [5.41, 5.74) is 0.200. The number of amides is 2. The first-order valence-corrected chi connectivity index (χ1v) is 7.34.